The van der Waals surface area contributed by atoms with E-state index in [9.17, 15) is 18.0 Å². The van der Waals surface area contributed by atoms with E-state index in [0.717, 1.165) is 11.1 Å². The van der Waals surface area contributed by atoms with E-state index in [-0.39, 0.29) is 30.6 Å². The third-order valence-electron chi connectivity index (χ3n) is 6.27. The Balaban J connectivity index is 1.90. The fourth-order valence-electron chi connectivity index (χ4n) is 4.52. The summed E-state index contributed by atoms with van der Waals surface area (Å²) in [6.07, 6.45) is 1.92. The van der Waals surface area contributed by atoms with E-state index in [1.807, 2.05) is 30.3 Å². The van der Waals surface area contributed by atoms with Crippen LogP contribution in [0.1, 0.15) is 25.0 Å². The molecule has 0 fully saturated rings. The second-order valence-corrected chi connectivity index (χ2v) is 11.9. The van der Waals surface area contributed by atoms with Crippen LogP contribution >= 0.6 is 22.6 Å². The molecule has 1 aliphatic rings. The van der Waals surface area contributed by atoms with E-state index < -0.39 is 22.0 Å². The van der Waals surface area contributed by atoms with Crippen LogP contribution in [0.15, 0.2) is 84.3 Å². The maximum Gasteiger partial charge on any atom is 0.302 e. The molecule has 3 aromatic rings. The van der Waals surface area contributed by atoms with Crippen LogP contribution in [-0.4, -0.2) is 39.5 Å². The Bertz CT molecular complexity index is 1480. The second kappa shape index (κ2) is 12.2. The smallest absolute Gasteiger partial charge is 0.302 e. The second-order valence-electron chi connectivity index (χ2n) is 9.00. The first-order valence-electron chi connectivity index (χ1n) is 12.3. The number of amides is 1. The number of sulfonamides is 1. The van der Waals surface area contributed by atoms with Crippen LogP contribution in [0.3, 0.4) is 0 Å². The summed E-state index contributed by atoms with van der Waals surface area (Å²) >= 11 is 2.14. The quantitative estimate of drug-likeness (QED) is 0.171. The molecule has 0 spiro atoms. The molecule has 1 unspecified atom stereocenters. The van der Waals surface area contributed by atoms with Crippen molar-refractivity contribution in [3.8, 4) is 5.75 Å². The molecule has 0 bridgehead atoms. The van der Waals surface area contributed by atoms with Crippen LogP contribution in [-0.2, 0) is 37.4 Å². The molecule has 0 saturated heterocycles. The van der Waals surface area contributed by atoms with Crippen LogP contribution in [0.5, 0.6) is 5.75 Å². The highest BCUT2D eigenvalue weighted by Gasteiger charge is 2.42. The van der Waals surface area contributed by atoms with Gasteiger partial charge in [0.15, 0.2) is 0 Å². The van der Waals surface area contributed by atoms with Crippen molar-refractivity contribution in [2.45, 2.75) is 37.8 Å². The van der Waals surface area contributed by atoms with E-state index in [2.05, 4.69) is 29.2 Å². The molecule has 8 nitrogen and oxygen atoms in total. The van der Waals surface area contributed by atoms with E-state index >= 15 is 0 Å². The summed E-state index contributed by atoms with van der Waals surface area (Å²) in [5, 5.41) is 0. The maximum absolute atomic E-state index is 13.9. The number of carbonyl (C=O) groups is 2. The van der Waals surface area contributed by atoms with Crippen LogP contribution in [0.4, 0.5) is 11.4 Å². The molecule has 39 heavy (non-hydrogen) atoms. The average Bonchev–Trinajstić information content (AvgIpc) is 3.30. The number of fused-ring (bicyclic) bond motifs is 1. The Morgan fingerprint density at radius 2 is 1.74 bits per heavy atom. The van der Waals surface area contributed by atoms with Crippen LogP contribution < -0.4 is 13.9 Å². The van der Waals surface area contributed by atoms with Crippen molar-refractivity contribution in [3.05, 3.63) is 94.1 Å². The van der Waals surface area contributed by atoms with Gasteiger partial charge in [-0.15, -0.1) is 6.58 Å². The van der Waals surface area contributed by atoms with Crippen molar-refractivity contribution >= 4 is 55.9 Å². The molecule has 204 valence electrons. The van der Waals surface area contributed by atoms with Gasteiger partial charge in [0.05, 0.1) is 16.6 Å². The number of benzene rings is 3. The number of hydrogen-bond donors (Lipinski definition) is 0. The molecular weight excluding hydrogens is 631 g/mol. The number of ether oxygens (including phenoxy) is 2. The van der Waals surface area contributed by atoms with Crippen LogP contribution in [0.2, 0.25) is 0 Å². The SMILES string of the molecule is C=CCN(C(C)=O)c1c(OCc2ccccc2)cc2c(c1I)CC(COC(C)=O)N2S(=O)(=O)c1ccccc1. The van der Waals surface area contributed by atoms with E-state index in [0.29, 0.717) is 27.1 Å². The Morgan fingerprint density at radius 3 is 2.33 bits per heavy atom. The standard InChI is InChI=1S/C29H29IN2O6S/c1-4-15-31(20(2)33)29-27(38-18-22-11-7-5-8-12-22)17-26-25(28(29)30)16-23(19-37-21(3)34)32(26)39(35,36)24-13-9-6-10-14-24/h4-14,17,23H,1,15-16,18-19H2,2-3H3. The van der Waals surface area contributed by atoms with E-state index in [1.54, 1.807) is 35.2 Å². The lowest BCUT2D eigenvalue weighted by Crippen LogP contribution is -2.41. The number of carbonyl (C=O) groups excluding carboxylic acids is 2. The topological polar surface area (TPSA) is 93.2 Å². The highest BCUT2D eigenvalue weighted by molar-refractivity contribution is 14.1. The number of esters is 1. The molecule has 1 atom stereocenters. The van der Waals surface area contributed by atoms with E-state index in [1.165, 1.54) is 30.3 Å². The molecule has 10 heteroatoms. The normalized spacial score (nSPS) is 14.4. The third-order valence-corrected chi connectivity index (χ3v) is 9.31. The minimum absolute atomic E-state index is 0.119. The zero-order valence-corrected chi connectivity index (χ0v) is 24.6. The van der Waals surface area contributed by atoms with Gasteiger partial charge >= 0.3 is 5.97 Å². The molecule has 3 aromatic carbocycles. The molecular formula is C29H29IN2O6S. The zero-order chi connectivity index (χ0) is 28.2. The summed E-state index contributed by atoms with van der Waals surface area (Å²) in [6.45, 7) is 6.88. The minimum Gasteiger partial charge on any atom is -0.487 e. The summed E-state index contributed by atoms with van der Waals surface area (Å²) in [4.78, 5) is 26.1. The monoisotopic (exact) mass is 660 g/mol. The predicted octanol–water partition coefficient (Wildman–Crippen LogP) is 5.09. The molecule has 1 aliphatic heterocycles. The summed E-state index contributed by atoms with van der Waals surface area (Å²) in [6, 6.07) is 18.7. The van der Waals surface area contributed by atoms with Gasteiger partial charge in [-0.25, -0.2) is 8.42 Å². The molecule has 1 amide bonds. The van der Waals surface area contributed by atoms with Gasteiger partial charge < -0.3 is 14.4 Å². The minimum atomic E-state index is -4.02. The van der Waals surface area contributed by atoms with Gasteiger partial charge in [0.2, 0.25) is 5.91 Å². The first-order chi connectivity index (χ1) is 18.6. The summed E-state index contributed by atoms with van der Waals surface area (Å²) in [5.41, 5.74) is 2.61. The van der Waals surface area contributed by atoms with Gasteiger partial charge in [-0.05, 0) is 45.9 Å². The van der Waals surface area contributed by atoms with Gasteiger partial charge in [0, 0.05) is 36.4 Å². The first kappa shape index (κ1) is 28.6. The number of halogens is 1. The first-order valence-corrected chi connectivity index (χ1v) is 14.8. The largest absolute Gasteiger partial charge is 0.487 e. The van der Waals surface area contributed by atoms with Crippen molar-refractivity contribution in [3.63, 3.8) is 0 Å². The molecule has 4 rings (SSSR count). The fraction of sp³-hybridized carbons (Fsp3) is 0.241. The van der Waals surface area contributed by atoms with Crippen molar-refractivity contribution in [2.75, 3.05) is 22.4 Å². The fourth-order valence-corrected chi connectivity index (χ4v) is 7.26. The lowest BCUT2D eigenvalue weighted by Gasteiger charge is -2.28. The number of anilines is 2. The van der Waals surface area contributed by atoms with Crippen LogP contribution in [0.25, 0.3) is 0 Å². The summed E-state index contributed by atoms with van der Waals surface area (Å²) < 4.78 is 41.5. The van der Waals surface area contributed by atoms with E-state index in [4.69, 9.17) is 9.47 Å². The predicted molar refractivity (Wildman–Crippen MR) is 158 cm³/mol. The molecule has 0 aliphatic carbocycles. The van der Waals surface area contributed by atoms with Gasteiger partial charge in [-0.3, -0.25) is 13.9 Å². The molecule has 0 radical (unpaired) electrons. The number of hydrogen-bond acceptors (Lipinski definition) is 6. The van der Waals surface area contributed by atoms with Crippen molar-refractivity contribution in [1.82, 2.24) is 0 Å². The highest BCUT2D eigenvalue weighted by Crippen LogP contribution is 2.47. The lowest BCUT2D eigenvalue weighted by atomic mass is 10.1. The van der Waals surface area contributed by atoms with Crippen molar-refractivity contribution in [1.29, 1.82) is 0 Å². The Kier molecular flexibility index (Phi) is 8.96. The molecule has 0 aromatic heterocycles. The zero-order valence-electron chi connectivity index (χ0n) is 21.7. The number of nitrogens with zero attached hydrogens (tertiary/aromatic N) is 2. The third kappa shape index (κ3) is 6.11. The summed E-state index contributed by atoms with van der Waals surface area (Å²) in [5.74, 6) is -0.347. The van der Waals surface area contributed by atoms with Crippen LogP contribution in [0, 0.1) is 3.57 Å². The number of rotatable bonds is 10. The van der Waals surface area contributed by atoms with Gasteiger partial charge in [-0.2, -0.15) is 0 Å². The van der Waals surface area contributed by atoms with Gasteiger partial charge in [0.25, 0.3) is 10.0 Å². The lowest BCUT2D eigenvalue weighted by molar-refractivity contribution is -0.141. The van der Waals surface area contributed by atoms with Gasteiger partial charge in [-0.1, -0.05) is 54.6 Å². The summed E-state index contributed by atoms with van der Waals surface area (Å²) in [7, 11) is -4.02. The maximum atomic E-state index is 13.9. The Hall–Kier alpha value is -3.38. The molecule has 0 saturated carbocycles. The Morgan fingerprint density at radius 1 is 1.10 bits per heavy atom. The highest BCUT2D eigenvalue weighted by atomic mass is 127. The van der Waals surface area contributed by atoms with Gasteiger partial charge in [0.1, 0.15) is 24.7 Å². The molecule has 1 heterocycles. The molecule has 0 N–H and O–H groups in total. The Labute approximate surface area is 242 Å². The van der Waals surface area contributed by atoms with Crippen molar-refractivity contribution < 1.29 is 27.5 Å². The average molecular weight is 661 g/mol. The van der Waals surface area contributed by atoms with Crippen molar-refractivity contribution in [2.24, 2.45) is 0 Å².